The van der Waals surface area contributed by atoms with Crippen molar-refractivity contribution in [2.75, 3.05) is 5.32 Å². The summed E-state index contributed by atoms with van der Waals surface area (Å²) in [5, 5.41) is 7.32. The molecule has 2 aromatic rings. The van der Waals surface area contributed by atoms with Crippen LogP contribution in [0.2, 0.25) is 0 Å². The van der Waals surface area contributed by atoms with Gasteiger partial charge in [0.1, 0.15) is 17.6 Å². The summed E-state index contributed by atoms with van der Waals surface area (Å²) in [5.41, 5.74) is 7.66. The molecule has 0 fully saturated rings. The van der Waals surface area contributed by atoms with Crippen LogP contribution in [-0.4, -0.2) is 6.29 Å². The fourth-order valence-electron chi connectivity index (χ4n) is 1.79. The number of para-hydroxylation sites is 1. The van der Waals surface area contributed by atoms with Crippen molar-refractivity contribution in [3.8, 4) is 0 Å². The summed E-state index contributed by atoms with van der Waals surface area (Å²) in [5.74, 6) is 0.924. The lowest BCUT2D eigenvalue weighted by atomic mass is 10.2. The molecule has 1 atom stereocenters. The standard InChI is InChI=1S/C10H11N3O/c11-10-12-5-8-9(13-10)6-3-1-2-4-7(6)14-8/h1-4,10,12-13H,5,11H2. The summed E-state index contributed by atoms with van der Waals surface area (Å²) in [6, 6.07) is 7.95. The highest BCUT2D eigenvalue weighted by Crippen LogP contribution is 2.32. The minimum absolute atomic E-state index is 0.191. The number of anilines is 1. The van der Waals surface area contributed by atoms with Crippen molar-refractivity contribution >= 4 is 16.7 Å². The Kier molecular flexibility index (Phi) is 1.53. The summed E-state index contributed by atoms with van der Waals surface area (Å²) in [4.78, 5) is 0. The molecular formula is C10H11N3O. The second-order valence-electron chi connectivity index (χ2n) is 3.40. The predicted octanol–water partition coefficient (Wildman–Crippen LogP) is 1.19. The van der Waals surface area contributed by atoms with E-state index in [1.807, 2.05) is 24.3 Å². The second-order valence-corrected chi connectivity index (χ2v) is 3.40. The first-order valence-electron chi connectivity index (χ1n) is 4.60. The van der Waals surface area contributed by atoms with Gasteiger partial charge in [0.05, 0.1) is 12.2 Å². The number of nitrogens with one attached hydrogen (secondary N) is 2. The molecule has 4 heteroatoms. The average Bonchev–Trinajstić information content (AvgIpc) is 2.56. The van der Waals surface area contributed by atoms with Crippen LogP contribution in [0, 0.1) is 0 Å². The number of hydrogen-bond donors (Lipinski definition) is 3. The molecule has 3 rings (SSSR count). The highest BCUT2D eigenvalue weighted by Gasteiger charge is 2.19. The lowest BCUT2D eigenvalue weighted by Gasteiger charge is -2.21. The van der Waals surface area contributed by atoms with Gasteiger partial charge in [-0.1, -0.05) is 12.1 Å². The van der Waals surface area contributed by atoms with Gasteiger partial charge >= 0.3 is 0 Å². The third-order valence-electron chi connectivity index (χ3n) is 2.45. The van der Waals surface area contributed by atoms with Crippen LogP contribution >= 0.6 is 0 Å². The van der Waals surface area contributed by atoms with E-state index in [0.717, 1.165) is 22.4 Å². The summed E-state index contributed by atoms with van der Waals surface area (Å²) in [6.07, 6.45) is -0.191. The molecule has 0 bridgehead atoms. The van der Waals surface area contributed by atoms with Crippen molar-refractivity contribution < 1.29 is 4.42 Å². The normalized spacial score (nSPS) is 20.5. The summed E-state index contributed by atoms with van der Waals surface area (Å²) < 4.78 is 5.66. The van der Waals surface area contributed by atoms with Crippen LogP contribution in [0.15, 0.2) is 28.7 Å². The average molecular weight is 189 g/mol. The van der Waals surface area contributed by atoms with Crippen LogP contribution in [0.4, 0.5) is 5.69 Å². The molecule has 1 aliphatic heterocycles. The molecule has 0 radical (unpaired) electrons. The SMILES string of the molecule is NC1NCc2oc3ccccc3c2N1. The molecule has 0 saturated heterocycles. The van der Waals surface area contributed by atoms with Gasteiger partial charge in [-0.3, -0.25) is 11.1 Å². The maximum absolute atomic E-state index is 5.74. The van der Waals surface area contributed by atoms with E-state index in [0.29, 0.717) is 6.54 Å². The van der Waals surface area contributed by atoms with Crippen LogP contribution in [0.1, 0.15) is 5.76 Å². The first-order chi connectivity index (χ1) is 6.84. The molecule has 1 aromatic carbocycles. The van der Waals surface area contributed by atoms with E-state index in [2.05, 4.69) is 10.6 Å². The third kappa shape index (κ3) is 1.01. The smallest absolute Gasteiger partial charge is 0.142 e. The molecule has 0 amide bonds. The fraction of sp³-hybridized carbons (Fsp3) is 0.200. The van der Waals surface area contributed by atoms with E-state index >= 15 is 0 Å². The largest absolute Gasteiger partial charge is 0.457 e. The first kappa shape index (κ1) is 7.84. The Bertz CT molecular complexity index is 477. The molecule has 72 valence electrons. The van der Waals surface area contributed by atoms with Gasteiger partial charge in [0.15, 0.2) is 0 Å². The summed E-state index contributed by atoms with van der Waals surface area (Å²) in [6.45, 7) is 0.679. The van der Waals surface area contributed by atoms with Crippen molar-refractivity contribution in [3.05, 3.63) is 30.0 Å². The highest BCUT2D eigenvalue weighted by molar-refractivity contribution is 5.92. The zero-order valence-electron chi connectivity index (χ0n) is 7.58. The maximum atomic E-state index is 5.74. The first-order valence-corrected chi connectivity index (χ1v) is 4.60. The topological polar surface area (TPSA) is 63.2 Å². The number of nitrogens with two attached hydrogens (primary N) is 1. The van der Waals surface area contributed by atoms with Gasteiger partial charge in [0.25, 0.3) is 0 Å². The predicted molar refractivity (Wildman–Crippen MR) is 54.7 cm³/mol. The highest BCUT2D eigenvalue weighted by atomic mass is 16.3. The Hall–Kier alpha value is -1.52. The Morgan fingerprint density at radius 2 is 2.21 bits per heavy atom. The molecular weight excluding hydrogens is 178 g/mol. The van der Waals surface area contributed by atoms with E-state index in [1.165, 1.54) is 0 Å². The number of rotatable bonds is 0. The third-order valence-corrected chi connectivity index (χ3v) is 2.45. The number of benzene rings is 1. The van der Waals surface area contributed by atoms with E-state index in [-0.39, 0.29) is 6.29 Å². The quantitative estimate of drug-likeness (QED) is 0.582. The van der Waals surface area contributed by atoms with Gasteiger partial charge in [0, 0.05) is 5.39 Å². The molecule has 1 aromatic heterocycles. The molecule has 4 nitrogen and oxygen atoms in total. The van der Waals surface area contributed by atoms with Gasteiger partial charge < -0.3 is 9.73 Å². The van der Waals surface area contributed by atoms with E-state index in [1.54, 1.807) is 0 Å². The summed E-state index contributed by atoms with van der Waals surface area (Å²) in [7, 11) is 0. The van der Waals surface area contributed by atoms with Gasteiger partial charge in [0.2, 0.25) is 0 Å². The van der Waals surface area contributed by atoms with E-state index < -0.39 is 0 Å². The number of furan rings is 1. The van der Waals surface area contributed by atoms with Gasteiger partial charge in [-0.15, -0.1) is 0 Å². The molecule has 2 heterocycles. The molecule has 4 N–H and O–H groups in total. The van der Waals surface area contributed by atoms with Crippen LogP contribution < -0.4 is 16.4 Å². The van der Waals surface area contributed by atoms with Gasteiger partial charge in [-0.25, -0.2) is 0 Å². The molecule has 1 aliphatic rings. The van der Waals surface area contributed by atoms with Crippen molar-refractivity contribution in [1.29, 1.82) is 0 Å². The van der Waals surface area contributed by atoms with Crippen LogP contribution in [0.5, 0.6) is 0 Å². The Labute approximate surface area is 81.1 Å². The molecule has 1 unspecified atom stereocenters. The number of hydrogen-bond acceptors (Lipinski definition) is 4. The zero-order chi connectivity index (χ0) is 9.54. The lowest BCUT2D eigenvalue weighted by molar-refractivity contribution is 0.467. The van der Waals surface area contributed by atoms with Crippen LogP contribution in [0.25, 0.3) is 11.0 Å². The Morgan fingerprint density at radius 3 is 3.14 bits per heavy atom. The minimum atomic E-state index is -0.191. The van der Waals surface area contributed by atoms with Gasteiger partial charge in [-0.05, 0) is 12.1 Å². The number of fused-ring (bicyclic) bond motifs is 3. The minimum Gasteiger partial charge on any atom is -0.457 e. The second kappa shape index (κ2) is 2.73. The monoisotopic (exact) mass is 189 g/mol. The lowest BCUT2D eigenvalue weighted by Crippen LogP contribution is -2.46. The Morgan fingerprint density at radius 1 is 1.36 bits per heavy atom. The maximum Gasteiger partial charge on any atom is 0.142 e. The zero-order valence-corrected chi connectivity index (χ0v) is 7.58. The van der Waals surface area contributed by atoms with Crippen LogP contribution in [0.3, 0.4) is 0 Å². The van der Waals surface area contributed by atoms with Crippen LogP contribution in [-0.2, 0) is 6.54 Å². The fourth-order valence-corrected chi connectivity index (χ4v) is 1.79. The van der Waals surface area contributed by atoms with Crippen molar-refractivity contribution in [2.24, 2.45) is 5.73 Å². The van der Waals surface area contributed by atoms with Crippen molar-refractivity contribution in [3.63, 3.8) is 0 Å². The Balaban J connectivity index is 2.25. The van der Waals surface area contributed by atoms with E-state index in [9.17, 15) is 0 Å². The molecule has 0 aliphatic carbocycles. The van der Waals surface area contributed by atoms with Gasteiger partial charge in [-0.2, -0.15) is 0 Å². The molecule has 14 heavy (non-hydrogen) atoms. The van der Waals surface area contributed by atoms with Crippen molar-refractivity contribution in [2.45, 2.75) is 12.8 Å². The molecule has 0 spiro atoms. The van der Waals surface area contributed by atoms with Crippen molar-refractivity contribution in [1.82, 2.24) is 5.32 Å². The van der Waals surface area contributed by atoms with E-state index in [4.69, 9.17) is 10.2 Å². The molecule has 0 saturated carbocycles. The summed E-state index contributed by atoms with van der Waals surface area (Å²) >= 11 is 0.